The van der Waals surface area contributed by atoms with Crippen LogP contribution in [-0.4, -0.2) is 38.4 Å². The Kier molecular flexibility index (Phi) is 3.43. The van der Waals surface area contributed by atoms with Gasteiger partial charge in [-0.15, -0.1) is 0 Å². The summed E-state index contributed by atoms with van der Waals surface area (Å²) in [6.45, 7) is 7.60. The van der Waals surface area contributed by atoms with E-state index in [2.05, 4.69) is 0 Å². The topological polar surface area (TPSA) is 54.0 Å². The van der Waals surface area contributed by atoms with E-state index in [0.29, 0.717) is 32.8 Å². The van der Waals surface area contributed by atoms with Crippen molar-refractivity contribution in [3.8, 4) is 0 Å². The van der Waals surface area contributed by atoms with E-state index in [1.807, 2.05) is 13.8 Å². The van der Waals surface area contributed by atoms with E-state index >= 15 is 0 Å². The number of ether oxygens (including phenoxy) is 4. The second kappa shape index (κ2) is 4.55. The van der Waals surface area contributed by atoms with E-state index in [1.165, 1.54) is 0 Å². The van der Waals surface area contributed by atoms with Gasteiger partial charge < -0.3 is 18.9 Å². The van der Waals surface area contributed by atoms with Gasteiger partial charge in [-0.1, -0.05) is 6.92 Å². The van der Waals surface area contributed by atoms with Crippen LogP contribution in [0.2, 0.25) is 0 Å². The molecule has 5 nitrogen and oxygen atoms in total. The van der Waals surface area contributed by atoms with Crippen LogP contribution in [0, 0.1) is 11.3 Å². The molecule has 0 radical (unpaired) electrons. The summed E-state index contributed by atoms with van der Waals surface area (Å²) in [7, 11) is 0. The molecule has 0 aromatic rings. The van der Waals surface area contributed by atoms with Crippen molar-refractivity contribution in [3.05, 3.63) is 0 Å². The molecule has 3 heterocycles. The minimum absolute atomic E-state index is 0.115. The highest BCUT2D eigenvalue weighted by molar-refractivity contribution is 5.73. The predicted octanol–water partition coefficient (Wildman–Crippen LogP) is 1.31. The molecular weight excluding hydrogens is 224 g/mol. The summed E-state index contributed by atoms with van der Waals surface area (Å²) in [5.74, 6) is -2.01. The number of carbonyl (C=O) groups is 1. The van der Waals surface area contributed by atoms with E-state index in [4.69, 9.17) is 18.9 Å². The third-order valence-corrected chi connectivity index (χ3v) is 3.28. The smallest absolute Gasteiger partial charge is 0.317 e. The van der Waals surface area contributed by atoms with Gasteiger partial charge in [0.15, 0.2) is 0 Å². The van der Waals surface area contributed by atoms with Crippen LogP contribution in [0.4, 0.5) is 0 Å². The Labute approximate surface area is 101 Å². The van der Waals surface area contributed by atoms with E-state index in [9.17, 15) is 4.79 Å². The van der Waals surface area contributed by atoms with Gasteiger partial charge in [0.2, 0.25) is 0 Å². The lowest BCUT2D eigenvalue weighted by Crippen LogP contribution is -2.63. The molecular formula is C12H20O5. The maximum Gasteiger partial charge on any atom is 0.317 e. The highest BCUT2D eigenvalue weighted by Crippen LogP contribution is 2.48. The van der Waals surface area contributed by atoms with Crippen LogP contribution >= 0.6 is 0 Å². The van der Waals surface area contributed by atoms with Crippen LogP contribution < -0.4 is 0 Å². The SMILES string of the molecule is CCOC(=O)C1CC2(C)COC1(OCC)OC2. The zero-order valence-electron chi connectivity index (χ0n) is 10.7. The van der Waals surface area contributed by atoms with Gasteiger partial charge in [-0.05, 0) is 20.3 Å². The fourth-order valence-electron chi connectivity index (χ4n) is 2.43. The van der Waals surface area contributed by atoms with Gasteiger partial charge in [0.1, 0.15) is 5.92 Å². The second-order valence-corrected chi connectivity index (χ2v) is 4.93. The lowest BCUT2D eigenvalue weighted by atomic mass is 9.76. The molecule has 3 aliphatic rings. The van der Waals surface area contributed by atoms with Crippen molar-refractivity contribution in [1.29, 1.82) is 0 Å². The third kappa shape index (κ3) is 2.19. The van der Waals surface area contributed by atoms with Crippen LogP contribution in [-0.2, 0) is 23.7 Å². The molecule has 5 heteroatoms. The summed E-state index contributed by atoms with van der Waals surface area (Å²) in [6.07, 6.45) is 0.686. The van der Waals surface area contributed by atoms with Gasteiger partial charge in [0.05, 0.1) is 19.8 Å². The van der Waals surface area contributed by atoms with Crippen LogP contribution in [0.25, 0.3) is 0 Å². The lowest BCUT2D eigenvalue weighted by Gasteiger charge is -2.53. The van der Waals surface area contributed by atoms with Crippen LogP contribution in [0.1, 0.15) is 27.2 Å². The summed E-state index contributed by atoms with van der Waals surface area (Å²) < 4.78 is 21.9. The van der Waals surface area contributed by atoms with Crippen LogP contribution in [0.15, 0.2) is 0 Å². The Morgan fingerprint density at radius 1 is 1.29 bits per heavy atom. The maximum absolute atomic E-state index is 11.9. The monoisotopic (exact) mass is 244 g/mol. The first-order valence-electron chi connectivity index (χ1n) is 6.14. The molecule has 0 aromatic heterocycles. The second-order valence-electron chi connectivity index (χ2n) is 4.93. The summed E-state index contributed by atoms with van der Waals surface area (Å²) in [4.78, 5) is 11.9. The van der Waals surface area contributed by atoms with Gasteiger partial charge in [-0.25, -0.2) is 0 Å². The number of hydrogen-bond acceptors (Lipinski definition) is 5. The molecule has 2 bridgehead atoms. The van der Waals surface area contributed by atoms with Crippen molar-refractivity contribution < 1.29 is 23.7 Å². The van der Waals surface area contributed by atoms with Gasteiger partial charge in [0, 0.05) is 12.0 Å². The van der Waals surface area contributed by atoms with E-state index in [0.717, 1.165) is 0 Å². The standard InChI is InChI=1S/C12H20O5/c1-4-14-10(13)9-6-11(3)7-16-12(9,15-5-2)17-8-11/h9H,4-8H2,1-3H3. The highest BCUT2D eigenvalue weighted by Gasteiger charge is 2.60. The number of rotatable bonds is 4. The van der Waals surface area contributed by atoms with Gasteiger partial charge in [-0.3, -0.25) is 4.79 Å². The average molecular weight is 244 g/mol. The van der Waals surface area contributed by atoms with Crippen molar-refractivity contribution >= 4 is 5.97 Å². The number of hydrogen-bond donors (Lipinski definition) is 0. The van der Waals surface area contributed by atoms with Crippen molar-refractivity contribution in [2.24, 2.45) is 11.3 Å². The van der Waals surface area contributed by atoms with Crippen LogP contribution in [0.3, 0.4) is 0 Å². The first kappa shape index (κ1) is 12.8. The van der Waals surface area contributed by atoms with Crippen molar-refractivity contribution in [1.82, 2.24) is 0 Å². The molecule has 0 aromatic carbocycles. The fraction of sp³-hybridized carbons (Fsp3) is 0.917. The molecule has 3 saturated heterocycles. The number of fused-ring (bicyclic) bond motifs is 3. The zero-order chi connectivity index (χ0) is 12.5. The molecule has 0 aliphatic carbocycles. The summed E-state index contributed by atoms with van der Waals surface area (Å²) in [6, 6.07) is 0. The average Bonchev–Trinajstić information content (AvgIpc) is 2.31. The number of carbonyl (C=O) groups excluding carboxylic acids is 1. The molecule has 3 aliphatic heterocycles. The third-order valence-electron chi connectivity index (χ3n) is 3.28. The van der Waals surface area contributed by atoms with Crippen molar-refractivity contribution in [2.75, 3.05) is 26.4 Å². The normalized spacial score (nSPS) is 40.3. The molecule has 0 saturated carbocycles. The van der Waals surface area contributed by atoms with E-state index in [1.54, 1.807) is 6.92 Å². The Balaban J connectivity index is 2.19. The van der Waals surface area contributed by atoms with Gasteiger partial charge in [0.25, 0.3) is 5.97 Å². The predicted molar refractivity (Wildman–Crippen MR) is 59.1 cm³/mol. The van der Waals surface area contributed by atoms with Gasteiger partial charge in [-0.2, -0.15) is 0 Å². The maximum atomic E-state index is 11.9. The zero-order valence-corrected chi connectivity index (χ0v) is 10.7. The van der Waals surface area contributed by atoms with E-state index in [-0.39, 0.29) is 11.4 Å². The van der Waals surface area contributed by atoms with Crippen molar-refractivity contribution in [3.63, 3.8) is 0 Å². The Hall–Kier alpha value is -0.650. The fourth-order valence-corrected chi connectivity index (χ4v) is 2.43. The largest absolute Gasteiger partial charge is 0.466 e. The Morgan fingerprint density at radius 3 is 2.47 bits per heavy atom. The summed E-state index contributed by atoms with van der Waals surface area (Å²) in [5, 5.41) is 0. The molecule has 3 fully saturated rings. The van der Waals surface area contributed by atoms with Crippen LogP contribution in [0.5, 0.6) is 0 Å². The molecule has 0 N–H and O–H groups in total. The minimum atomic E-state index is -1.22. The summed E-state index contributed by atoms with van der Waals surface area (Å²) >= 11 is 0. The van der Waals surface area contributed by atoms with Gasteiger partial charge >= 0.3 is 5.97 Å². The molecule has 1 unspecified atom stereocenters. The first-order chi connectivity index (χ1) is 8.05. The highest BCUT2D eigenvalue weighted by atomic mass is 16.9. The molecule has 3 rings (SSSR count). The van der Waals surface area contributed by atoms with E-state index < -0.39 is 11.9 Å². The Bertz CT molecular complexity index is 293. The lowest BCUT2D eigenvalue weighted by molar-refractivity contribution is -0.461. The minimum Gasteiger partial charge on any atom is -0.466 e. The van der Waals surface area contributed by atoms with Crippen molar-refractivity contribution in [2.45, 2.75) is 33.2 Å². The number of esters is 1. The summed E-state index contributed by atoms with van der Waals surface area (Å²) in [5.41, 5.74) is -0.115. The molecule has 0 spiro atoms. The quantitative estimate of drug-likeness (QED) is 0.698. The molecule has 17 heavy (non-hydrogen) atoms. The molecule has 1 atom stereocenters. The molecule has 0 amide bonds. The molecule has 98 valence electrons. The Morgan fingerprint density at radius 2 is 1.94 bits per heavy atom. The first-order valence-corrected chi connectivity index (χ1v) is 6.14.